The lowest BCUT2D eigenvalue weighted by molar-refractivity contribution is -0.0992. The van der Waals surface area contributed by atoms with E-state index in [1.54, 1.807) is 0 Å². The number of rotatable bonds is 1. The smallest absolute Gasteiger partial charge is 0.107 e. The molecule has 1 aliphatic rings. The van der Waals surface area contributed by atoms with Crippen LogP contribution in [0.15, 0.2) is 12.2 Å². The molecule has 4 heteroatoms. The van der Waals surface area contributed by atoms with Gasteiger partial charge in [-0.05, 0) is 6.42 Å². The summed E-state index contributed by atoms with van der Waals surface area (Å²) in [7, 11) is 0. The number of hydrogen-bond donors (Lipinski definition) is 4. The number of aliphatic hydroxyl groups excluding tert-OH is 4. The fourth-order valence-electron chi connectivity index (χ4n) is 1.48. The first-order valence-corrected chi connectivity index (χ1v) is 3.90. The van der Waals surface area contributed by atoms with Crippen molar-refractivity contribution in [1.29, 1.82) is 0 Å². The Bertz CT molecular complexity index is 180. The SMILES string of the molecule is C=C1C[C@H](O)[C@@H](O)[C@H](O)[C@H]1CO. The Balaban J connectivity index is 2.72. The molecular weight excluding hydrogens is 160 g/mol. The van der Waals surface area contributed by atoms with Crippen molar-refractivity contribution in [3.63, 3.8) is 0 Å². The van der Waals surface area contributed by atoms with Gasteiger partial charge in [0.15, 0.2) is 0 Å². The van der Waals surface area contributed by atoms with Gasteiger partial charge in [-0.1, -0.05) is 12.2 Å². The van der Waals surface area contributed by atoms with Gasteiger partial charge in [-0.15, -0.1) is 0 Å². The highest BCUT2D eigenvalue weighted by Gasteiger charge is 2.38. The second-order valence-electron chi connectivity index (χ2n) is 3.20. The summed E-state index contributed by atoms with van der Waals surface area (Å²) in [6.45, 7) is 3.36. The molecule has 0 spiro atoms. The molecule has 4 atom stereocenters. The minimum atomic E-state index is -1.17. The summed E-state index contributed by atoms with van der Waals surface area (Å²) < 4.78 is 0. The van der Waals surface area contributed by atoms with Gasteiger partial charge >= 0.3 is 0 Å². The average molecular weight is 174 g/mol. The zero-order chi connectivity index (χ0) is 9.30. The van der Waals surface area contributed by atoms with Gasteiger partial charge in [0.25, 0.3) is 0 Å². The van der Waals surface area contributed by atoms with Crippen LogP contribution in [-0.2, 0) is 0 Å². The highest BCUT2D eigenvalue weighted by molar-refractivity contribution is 5.11. The van der Waals surface area contributed by atoms with Crippen LogP contribution in [0.2, 0.25) is 0 Å². The van der Waals surface area contributed by atoms with Crippen LogP contribution in [-0.4, -0.2) is 45.3 Å². The molecule has 0 saturated heterocycles. The molecule has 0 unspecified atom stereocenters. The Morgan fingerprint density at radius 3 is 2.33 bits per heavy atom. The molecule has 1 rings (SSSR count). The van der Waals surface area contributed by atoms with E-state index in [1.165, 1.54) is 0 Å². The van der Waals surface area contributed by atoms with Crippen LogP contribution < -0.4 is 0 Å². The maximum atomic E-state index is 9.35. The molecule has 0 heterocycles. The maximum absolute atomic E-state index is 9.35. The molecule has 0 aromatic carbocycles. The van der Waals surface area contributed by atoms with Gasteiger partial charge in [-0.25, -0.2) is 0 Å². The molecule has 4 N–H and O–H groups in total. The Hall–Kier alpha value is -0.420. The maximum Gasteiger partial charge on any atom is 0.107 e. The van der Waals surface area contributed by atoms with Crippen LogP contribution in [0.4, 0.5) is 0 Å². The van der Waals surface area contributed by atoms with Crippen molar-refractivity contribution >= 4 is 0 Å². The van der Waals surface area contributed by atoms with E-state index in [2.05, 4.69) is 6.58 Å². The lowest BCUT2D eigenvalue weighted by Crippen LogP contribution is -2.48. The van der Waals surface area contributed by atoms with Gasteiger partial charge < -0.3 is 20.4 Å². The van der Waals surface area contributed by atoms with Gasteiger partial charge in [0.05, 0.1) is 18.8 Å². The summed E-state index contributed by atoms with van der Waals surface area (Å²) in [6, 6.07) is 0. The predicted octanol–water partition coefficient (Wildman–Crippen LogP) is -1.36. The standard InChI is InChI=1S/C8H14O4/c1-4-2-6(10)8(12)7(11)5(4)3-9/h5-12H,1-3H2/t5-,6-,7+,8+/m0/s1. The zero-order valence-electron chi connectivity index (χ0n) is 6.72. The molecule has 0 bridgehead atoms. The Kier molecular flexibility index (Phi) is 2.85. The summed E-state index contributed by atoms with van der Waals surface area (Å²) in [5.74, 6) is -0.511. The van der Waals surface area contributed by atoms with E-state index in [0.29, 0.717) is 5.57 Å². The third-order valence-corrected chi connectivity index (χ3v) is 2.35. The summed E-state index contributed by atoms with van der Waals surface area (Å²) in [4.78, 5) is 0. The van der Waals surface area contributed by atoms with Crippen molar-refractivity contribution in [3.8, 4) is 0 Å². The number of hydrogen-bond acceptors (Lipinski definition) is 4. The molecule has 0 radical (unpaired) electrons. The first-order valence-electron chi connectivity index (χ1n) is 3.90. The van der Waals surface area contributed by atoms with Crippen molar-refractivity contribution in [3.05, 3.63) is 12.2 Å². The van der Waals surface area contributed by atoms with E-state index in [4.69, 9.17) is 5.11 Å². The molecule has 0 aromatic heterocycles. The molecule has 0 amide bonds. The summed E-state index contributed by atoms with van der Waals surface area (Å²) in [6.07, 6.45) is -3.00. The van der Waals surface area contributed by atoms with Crippen molar-refractivity contribution < 1.29 is 20.4 Å². The fraction of sp³-hybridized carbons (Fsp3) is 0.750. The second-order valence-corrected chi connectivity index (χ2v) is 3.20. The molecule has 1 saturated carbocycles. The lowest BCUT2D eigenvalue weighted by Gasteiger charge is -2.35. The largest absolute Gasteiger partial charge is 0.396 e. The van der Waals surface area contributed by atoms with E-state index in [0.717, 1.165) is 0 Å². The van der Waals surface area contributed by atoms with E-state index >= 15 is 0 Å². The van der Waals surface area contributed by atoms with Crippen LogP contribution in [0.25, 0.3) is 0 Å². The molecule has 12 heavy (non-hydrogen) atoms. The van der Waals surface area contributed by atoms with Crippen molar-refractivity contribution in [2.45, 2.75) is 24.7 Å². The van der Waals surface area contributed by atoms with Crippen LogP contribution in [0, 0.1) is 5.92 Å². The Morgan fingerprint density at radius 2 is 1.83 bits per heavy atom. The van der Waals surface area contributed by atoms with E-state index in [-0.39, 0.29) is 13.0 Å². The van der Waals surface area contributed by atoms with Gasteiger partial charge in [0.1, 0.15) is 6.10 Å². The van der Waals surface area contributed by atoms with Crippen LogP contribution in [0.5, 0.6) is 0 Å². The highest BCUT2D eigenvalue weighted by Crippen LogP contribution is 2.28. The first kappa shape index (κ1) is 9.67. The van der Waals surface area contributed by atoms with E-state index in [9.17, 15) is 15.3 Å². The highest BCUT2D eigenvalue weighted by atomic mass is 16.4. The van der Waals surface area contributed by atoms with E-state index < -0.39 is 24.2 Å². The molecule has 0 aliphatic heterocycles. The first-order chi connectivity index (χ1) is 5.57. The van der Waals surface area contributed by atoms with Crippen LogP contribution in [0.1, 0.15) is 6.42 Å². The average Bonchev–Trinajstić information content (AvgIpc) is 2.01. The van der Waals surface area contributed by atoms with Crippen LogP contribution >= 0.6 is 0 Å². The van der Waals surface area contributed by atoms with Gasteiger partial charge in [-0.3, -0.25) is 0 Å². The van der Waals surface area contributed by atoms with Crippen molar-refractivity contribution in [2.24, 2.45) is 5.92 Å². The lowest BCUT2D eigenvalue weighted by atomic mass is 9.80. The number of aliphatic hydroxyl groups is 4. The third kappa shape index (κ3) is 1.51. The monoisotopic (exact) mass is 174 g/mol. The van der Waals surface area contributed by atoms with Crippen molar-refractivity contribution in [2.75, 3.05) is 6.61 Å². The molecule has 70 valence electrons. The van der Waals surface area contributed by atoms with Crippen LogP contribution in [0.3, 0.4) is 0 Å². The molecule has 4 nitrogen and oxygen atoms in total. The Morgan fingerprint density at radius 1 is 1.25 bits per heavy atom. The zero-order valence-corrected chi connectivity index (χ0v) is 6.72. The molecule has 1 aliphatic carbocycles. The quantitative estimate of drug-likeness (QED) is 0.370. The summed E-state index contributed by atoms with van der Waals surface area (Å²) in [5, 5.41) is 36.6. The summed E-state index contributed by atoms with van der Waals surface area (Å²) in [5.41, 5.74) is 0.586. The van der Waals surface area contributed by atoms with Gasteiger partial charge in [0.2, 0.25) is 0 Å². The molecular formula is C8H14O4. The molecule has 1 fully saturated rings. The normalized spacial score (nSPS) is 43.2. The van der Waals surface area contributed by atoms with Crippen molar-refractivity contribution in [1.82, 2.24) is 0 Å². The van der Waals surface area contributed by atoms with Gasteiger partial charge in [-0.2, -0.15) is 0 Å². The van der Waals surface area contributed by atoms with Gasteiger partial charge in [0, 0.05) is 5.92 Å². The minimum absolute atomic E-state index is 0.240. The minimum Gasteiger partial charge on any atom is -0.396 e. The Labute approximate surface area is 70.8 Å². The summed E-state index contributed by atoms with van der Waals surface area (Å²) >= 11 is 0. The fourth-order valence-corrected chi connectivity index (χ4v) is 1.48. The second kappa shape index (κ2) is 3.53. The molecule has 0 aromatic rings. The van der Waals surface area contributed by atoms with E-state index in [1.807, 2.05) is 0 Å². The topological polar surface area (TPSA) is 80.9 Å². The third-order valence-electron chi connectivity index (χ3n) is 2.35. The predicted molar refractivity (Wildman–Crippen MR) is 42.4 cm³/mol.